The second kappa shape index (κ2) is 11.1. The third-order valence-electron chi connectivity index (χ3n) is 4.81. The van der Waals surface area contributed by atoms with Crippen molar-refractivity contribution >= 4 is 24.0 Å². The van der Waals surface area contributed by atoms with Crippen molar-refractivity contribution in [2.24, 2.45) is 5.92 Å². The molecule has 0 bridgehead atoms. The van der Waals surface area contributed by atoms with E-state index < -0.39 is 24.5 Å². The minimum atomic E-state index is -0.705. The lowest BCUT2D eigenvalue weighted by molar-refractivity contribution is -0.143. The van der Waals surface area contributed by atoms with Crippen molar-refractivity contribution in [3.8, 4) is 11.5 Å². The molecule has 1 aliphatic carbocycles. The summed E-state index contributed by atoms with van der Waals surface area (Å²) < 4.78 is 15.2. The predicted molar refractivity (Wildman–Crippen MR) is 108 cm³/mol. The second-order valence-corrected chi connectivity index (χ2v) is 6.98. The normalized spacial score (nSPS) is 18.7. The van der Waals surface area contributed by atoms with Crippen LogP contribution in [0.2, 0.25) is 0 Å². The van der Waals surface area contributed by atoms with E-state index in [0.29, 0.717) is 23.0 Å². The van der Waals surface area contributed by atoms with Crippen molar-refractivity contribution in [2.75, 3.05) is 20.8 Å². The third-order valence-corrected chi connectivity index (χ3v) is 4.81. The molecule has 2 atom stereocenters. The Bertz CT molecular complexity index is 739. The minimum absolute atomic E-state index is 0.0573. The Kier molecular flexibility index (Phi) is 8.51. The van der Waals surface area contributed by atoms with Crippen LogP contribution in [0.25, 0.3) is 6.08 Å². The molecule has 3 amide bonds. The zero-order valence-electron chi connectivity index (χ0n) is 17.0. The van der Waals surface area contributed by atoms with E-state index in [9.17, 15) is 14.4 Å². The fraction of sp³-hybridized carbons (Fsp3) is 0.476. The molecule has 0 heterocycles. The Morgan fingerprint density at radius 1 is 1.07 bits per heavy atom. The summed E-state index contributed by atoms with van der Waals surface area (Å²) in [7, 11) is 3.06. The van der Waals surface area contributed by atoms with Crippen LogP contribution in [0.15, 0.2) is 24.3 Å². The minimum Gasteiger partial charge on any atom is -0.497 e. The number of nitrogens with one attached hydrogen (secondary N) is 2. The van der Waals surface area contributed by atoms with Crippen molar-refractivity contribution in [2.45, 2.75) is 38.6 Å². The molecule has 1 saturated carbocycles. The van der Waals surface area contributed by atoms with Gasteiger partial charge in [-0.15, -0.1) is 0 Å². The molecule has 1 aliphatic rings. The van der Waals surface area contributed by atoms with Crippen molar-refractivity contribution in [1.29, 1.82) is 0 Å². The summed E-state index contributed by atoms with van der Waals surface area (Å²) in [6, 6.07) is 4.63. The quantitative estimate of drug-likeness (QED) is 0.535. The van der Waals surface area contributed by atoms with Crippen molar-refractivity contribution in [3.05, 3.63) is 29.8 Å². The zero-order chi connectivity index (χ0) is 21.2. The van der Waals surface area contributed by atoms with Crippen LogP contribution in [0.1, 0.15) is 38.2 Å². The van der Waals surface area contributed by atoms with Gasteiger partial charge in [0.1, 0.15) is 11.5 Å². The topological polar surface area (TPSA) is 103 Å². The lowest BCUT2D eigenvalue weighted by Crippen LogP contribution is -2.48. The molecular weight excluding hydrogens is 376 g/mol. The molecule has 8 heteroatoms. The molecule has 0 saturated heterocycles. The maximum Gasteiger partial charge on any atom is 0.331 e. The van der Waals surface area contributed by atoms with Gasteiger partial charge in [-0.2, -0.15) is 0 Å². The Hall–Kier alpha value is -3.03. The molecule has 29 heavy (non-hydrogen) atoms. The number of imide groups is 1. The Labute approximate surface area is 170 Å². The molecule has 0 spiro atoms. The van der Waals surface area contributed by atoms with E-state index in [1.165, 1.54) is 26.4 Å². The van der Waals surface area contributed by atoms with E-state index in [0.717, 1.165) is 25.7 Å². The first kappa shape index (κ1) is 22.3. The van der Waals surface area contributed by atoms with Crippen LogP contribution in [-0.4, -0.2) is 44.8 Å². The zero-order valence-corrected chi connectivity index (χ0v) is 17.0. The maximum atomic E-state index is 11.9. The molecule has 158 valence electrons. The van der Waals surface area contributed by atoms with Crippen LogP contribution in [0.5, 0.6) is 11.5 Å². The van der Waals surface area contributed by atoms with E-state index in [1.54, 1.807) is 18.2 Å². The Morgan fingerprint density at radius 2 is 1.72 bits per heavy atom. The van der Waals surface area contributed by atoms with Crippen molar-refractivity contribution in [3.63, 3.8) is 0 Å². The number of esters is 1. The lowest BCUT2D eigenvalue weighted by Gasteiger charge is -2.29. The first-order chi connectivity index (χ1) is 13.9. The van der Waals surface area contributed by atoms with Crippen LogP contribution in [0, 0.1) is 5.92 Å². The fourth-order valence-electron chi connectivity index (χ4n) is 3.17. The number of benzene rings is 1. The molecule has 0 unspecified atom stereocenters. The van der Waals surface area contributed by atoms with Gasteiger partial charge in [0.25, 0.3) is 5.91 Å². The first-order valence-electron chi connectivity index (χ1n) is 9.59. The van der Waals surface area contributed by atoms with E-state index >= 15 is 0 Å². The van der Waals surface area contributed by atoms with E-state index in [1.807, 2.05) is 0 Å². The summed E-state index contributed by atoms with van der Waals surface area (Å²) in [6.45, 7) is 1.54. The van der Waals surface area contributed by atoms with Crippen LogP contribution in [-0.2, 0) is 14.3 Å². The molecule has 0 aromatic heterocycles. The number of hydrogen-bond acceptors (Lipinski definition) is 6. The molecule has 1 aromatic rings. The number of urea groups is 1. The predicted octanol–water partition coefficient (Wildman–Crippen LogP) is 2.66. The van der Waals surface area contributed by atoms with Gasteiger partial charge < -0.3 is 19.5 Å². The summed E-state index contributed by atoms with van der Waals surface area (Å²) in [4.78, 5) is 35.6. The molecular formula is C21H28N2O6. The van der Waals surface area contributed by atoms with Crippen LogP contribution < -0.4 is 20.1 Å². The van der Waals surface area contributed by atoms with Crippen LogP contribution in [0.4, 0.5) is 4.79 Å². The summed E-state index contributed by atoms with van der Waals surface area (Å²) in [5.74, 6) is 0.145. The lowest BCUT2D eigenvalue weighted by atomic mass is 9.86. The Balaban J connectivity index is 1.77. The first-order valence-corrected chi connectivity index (χ1v) is 9.59. The third kappa shape index (κ3) is 7.48. The van der Waals surface area contributed by atoms with Gasteiger partial charge >= 0.3 is 12.0 Å². The maximum absolute atomic E-state index is 11.9. The average Bonchev–Trinajstić information content (AvgIpc) is 2.72. The smallest absolute Gasteiger partial charge is 0.331 e. The standard InChI is InChI=1S/C21H28N2O6/c1-14-6-4-5-7-18(14)22-21(26)23-19(24)13-29-20(25)9-8-15-10-16(27-2)12-17(11-15)28-3/h8-12,14,18H,4-7,13H2,1-3H3,(H2,22,23,24,26)/b9-8+/t14-,18+/m1/s1. The summed E-state index contributed by atoms with van der Waals surface area (Å²) in [5, 5.41) is 4.99. The highest BCUT2D eigenvalue weighted by Crippen LogP contribution is 2.24. The number of hydrogen-bond donors (Lipinski definition) is 2. The number of methoxy groups -OCH3 is 2. The van der Waals surface area contributed by atoms with Gasteiger partial charge in [-0.25, -0.2) is 9.59 Å². The molecule has 0 radical (unpaired) electrons. The van der Waals surface area contributed by atoms with Gasteiger partial charge in [0, 0.05) is 18.2 Å². The van der Waals surface area contributed by atoms with E-state index in [-0.39, 0.29) is 6.04 Å². The molecule has 0 aliphatic heterocycles. The fourth-order valence-corrected chi connectivity index (χ4v) is 3.17. The summed E-state index contributed by atoms with van der Waals surface area (Å²) in [6.07, 6.45) is 6.88. The summed E-state index contributed by atoms with van der Waals surface area (Å²) in [5.41, 5.74) is 0.670. The van der Waals surface area contributed by atoms with Gasteiger partial charge in [0.05, 0.1) is 14.2 Å². The highest BCUT2D eigenvalue weighted by Gasteiger charge is 2.23. The number of carbonyl (C=O) groups is 3. The highest BCUT2D eigenvalue weighted by molar-refractivity contribution is 5.96. The van der Waals surface area contributed by atoms with Crippen LogP contribution >= 0.6 is 0 Å². The van der Waals surface area contributed by atoms with Gasteiger partial charge in [0.15, 0.2) is 6.61 Å². The van der Waals surface area contributed by atoms with Crippen molar-refractivity contribution in [1.82, 2.24) is 10.6 Å². The number of rotatable bonds is 7. The van der Waals surface area contributed by atoms with Crippen molar-refractivity contribution < 1.29 is 28.6 Å². The molecule has 2 rings (SSSR count). The highest BCUT2D eigenvalue weighted by atomic mass is 16.5. The van der Waals surface area contributed by atoms with Gasteiger partial charge in [-0.05, 0) is 42.5 Å². The van der Waals surface area contributed by atoms with Gasteiger partial charge in [-0.1, -0.05) is 19.8 Å². The average molecular weight is 404 g/mol. The Morgan fingerprint density at radius 3 is 2.34 bits per heavy atom. The molecule has 2 N–H and O–H groups in total. The van der Waals surface area contributed by atoms with Gasteiger partial charge in [-0.3, -0.25) is 10.1 Å². The van der Waals surface area contributed by atoms with E-state index in [2.05, 4.69) is 17.6 Å². The number of ether oxygens (including phenoxy) is 3. The summed E-state index contributed by atoms with van der Waals surface area (Å²) >= 11 is 0. The van der Waals surface area contributed by atoms with Crippen LogP contribution in [0.3, 0.4) is 0 Å². The molecule has 8 nitrogen and oxygen atoms in total. The SMILES string of the molecule is COc1cc(/C=C/C(=O)OCC(=O)NC(=O)N[C@H]2CCCC[C@H]2C)cc(OC)c1. The number of carbonyl (C=O) groups excluding carboxylic acids is 3. The molecule has 1 aromatic carbocycles. The second-order valence-electron chi connectivity index (χ2n) is 6.98. The largest absolute Gasteiger partial charge is 0.497 e. The number of amides is 3. The van der Waals surface area contributed by atoms with Gasteiger partial charge in [0.2, 0.25) is 0 Å². The monoisotopic (exact) mass is 404 g/mol. The molecule has 1 fully saturated rings. The van der Waals surface area contributed by atoms with E-state index in [4.69, 9.17) is 14.2 Å².